The molecule has 5 nitrogen and oxygen atoms in total. The van der Waals surface area contributed by atoms with Crippen molar-refractivity contribution >= 4 is 5.91 Å². The normalized spacial score (nSPS) is 32.9. The summed E-state index contributed by atoms with van der Waals surface area (Å²) in [5.74, 6) is 0.00715. The lowest BCUT2D eigenvalue weighted by Gasteiger charge is -2.32. The molecule has 0 aliphatic carbocycles. The largest absolute Gasteiger partial charge is 0.371 e. The minimum absolute atomic E-state index is 0.00715. The minimum Gasteiger partial charge on any atom is -0.371 e. The van der Waals surface area contributed by atoms with E-state index in [0.29, 0.717) is 6.61 Å². The monoisotopic (exact) mass is 242 g/mol. The Labute approximate surface area is 102 Å². The second kappa shape index (κ2) is 5.33. The average molecular weight is 242 g/mol. The van der Waals surface area contributed by atoms with Crippen LogP contribution >= 0.6 is 0 Å². The summed E-state index contributed by atoms with van der Waals surface area (Å²) < 4.78 is 11.5. The smallest absolute Gasteiger partial charge is 0.248 e. The summed E-state index contributed by atoms with van der Waals surface area (Å²) in [4.78, 5) is 13.0. The molecule has 2 rings (SSSR count). The van der Waals surface area contributed by atoms with E-state index in [4.69, 9.17) is 9.47 Å². The SMILES string of the molecule is CN(C)C(=O)COC1COC2(CCCNC2)C1. The maximum Gasteiger partial charge on any atom is 0.248 e. The van der Waals surface area contributed by atoms with Gasteiger partial charge in [0.25, 0.3) is 0 Å². The molecule has 1 N–H and O–H groups in total. The summed E-state index contributed by atoms with van der Waals surface area (Å²) in [6.07, 6.45) is 3.23. The Hall–Kier alpha value is -0.650. The number of rotatable bonds is 3. The van der Waals surface area contributed by atoms with Gasteiger partial charge in [-0.2, -0.15) is 0 Å². The van der Waals surface area contributed by atoms with E-state index in [1.807, 2.05) is 0 Å². The Morgan fingerprint density at radius 2 is 2.41 bits per heavy atom. The molecule has 2 heterocycles. The van der Waals surface area contributed by atoms with Gasteiger partial charge in [0.15, 0.2) is 0 Å². The molecule has 0 aromatic carbocycles. The summed E-state index contributed by atoms with van der Waals surface area (Å²) in [7, 11) is 3.48. The van der Waals surface area contributed by atoms with Crippen molar-refractivity contribution in [1.29, 1.82) is 0 Å². The number of likely N-dealkylation sites (N-methyl/N-ethyl adjacent to an activating group) is 1. The zero-order valence-electron chi connectivity index (χ0n) is 10.7. The molecule has 17 heavy (non-hydrogen) atoms. The molecule has 0 bridgehead atoms. The third-order valence-corrected chi connectivity index (χ3v) is 3.55. The Balaban J connectivity index is 1.76. The first-order valence-corrected chi connectivity index (χ1v) is 6.28. The number of carbonyl (C=O) groups excluding carboxylic acids is 1. The van der Waals surface area contributed by atoms with E-state index in [0.717, 1.165) is 32.4 Å². The van der Waals surface area contributed by atoms with Gasteiger partial charge in [-0.05, 0) is 19.4 Å². The molecule has 98 valence electrons. The topological polar surface area (TPSA) is 50.8 Å². The first-order chi connectivity index (χ1) is 8.11. The first kappa shape index (κ1) is 12.8. The van der Waals surface area contributed by atoms with E-state index in [2.05, 4.69) is 5.32 Å². The van der Waals surface area contributed by atoms with Crippen molar-refractivity contribution in [3.63, 3.8) is 0 Å². The summed E-state index contributed by atoms with van der Waals surface area (Å²) in [5.41, 5.74) is -0.0376. The van der Waals surface area contributed by atoms with Gasteiger partial charge >= 0.3 is 0 Å². The van der Waals surface area contributed by atoms with Gasteiger partial charge in [-0.15, -0.1) is 0 Å². The van der Waals surface area contributed by atoms with Crippen LogP contribution in [0.1, 0.15) is 19.3 Å². The Morgan fingerprint density at radius 3 is 3.06 bits per heavy atom. The van der Waals surface area contributed by atoms with Crippen molar-refractivity contribution in [3.8, 4) is 0 Å². The molecule has 1 amide bonds. The van der Waals surface area contributed by atoms with E-state index < -0.39 is 0 Å². The Bertz CT molecular complexity index is 275. The van der Waals surface area contributed by atoms with Crippen molar-refractivity contribution < 1.29 is 14.3 Å². The van der Waals surface area contributed by atoms with Crippen LogP contribution < -0.4 is 5.32 Å². The molecule has 2 aliphatic rings. The highest BCUT2D eigenvalue weighted by atomic mass is 16.6. The van der Waals surface area contributed by atoms with Crippen molar-refractivity contribution in [2.45, 2.75) is 31.0 Å². The number of piperidine rings is 1. The lowest BCUT2D eigenvalue weighted by molar-refractivity contribution is -0.135. The second-order valence-electron chi connectivity index (χ2n) is 5.20. The zero-order valence-corrected chi connectivity index (χ0v) is 10.7. The van der Waals surface area contributed by atoms with Crippen LogP contribution in [0.3, 0.4) is 0 Å². The summed E-state index contributed by atoms with van der Waals surface area (Å²) in [5, 5.41) is 3.37. The van der Waals surface area contributed by atoms with Crippen LogP contribution in [-0.2, 0) is 14.3 Å². The first-order valence-electron chi connectivity index (χ1n) is 6.28. The Morgan fingerprint density at radius 1 is 1.59 bits per heavy atom. The van der Waals surface area contributed by atoms with E-state index >= 15 is 0 Å². The van der Waals surface area contributed by atoms with Gasteiger partial charge in [-0.25, -0.2) is 0 Å². The number of nitrogens with one attached hydrogen (secondary N) is 1. The number of hydrogen-bond acceptors (Lipinski definition) is 4. The lowest BCUT2D eigenvalue weighted by atomic mass is 9.90. The van der Waals surface area contributed by atoms with Gasteiger partial charge in [0, 0.05) is 27.1 Å². The predicted octanol–water partition coefficient (Wildman–Crippen LogP) is 0.00230. The molecule has 2 aliphatic heterocycles. The molecule has 2 unspecified atom stereocenters. The van der Waals surface area contributed by atoms with Gasteiger partial charge in [-0.3, -0.25) is 4.79 Å². The number of ether oxygens (including phenoxy) is 2. The van der Waals surface area contributed by atoms with Crippen LogP contribution in [0.4, 0.5) is 0 Å². The maximum absolute atomic E-state index is 11.4. The van der Waals surface area contributed by atoms with E-state index in [1.165, 1.54) is 0 Å². The third-order valence-electron chi connectivity index (χ3n) is 3.55. The van der Waals surface area contributed by atoms with Crippen LogP contribution in [0, 0.1) is 0 Å². The molecule has 0 radical (unpaired) electrons. The number of amides is 1. The number of carbonyl (C=O) groups is 1. The fourth-order valence-corrected chi connectivity index (χ4v) is 2.47. The third kappa shape index (κ3) is 3.18. The highest BCUT2D eigenvalue weighted by Gasteiger charge is 2.41. The summed E-state index contributed by atoms with van der Waals surface area (Å²) >= 11 is 0. The van der Waals surface area contributed by atoms with Crippen molar-refractivity contribution in [1.82, 2.24) is 10.2 Å². The van der Waals surface area contributed by atoms with Gasteiger partial charge in [-0.1, -0.05) is 0 Å². The molecular weight excluding hydrogens is 220 g/mol. The van der Waals surface area contributed by atoms with E-state index in [9.17, 15) is 4.79 Å². The molecule has 0 saturated carbocycles. The lowest BCUT2D eigenvalue weighted by Crippen LogP contribution is -2.45. The highest BCUT2D eigenvalue weighted by molar-refractivity contribution is 5.76. The quantitative estimate of drug-likeness (QED) is 0.757. The van der Waals surface area contributed by atoms with Crippen LogP contribution in [-0.4, -0.2) is 62.9 Å². The fourth-order valence-electron chi connectivity index (χ4n) is 2.47. The fraction of sp³-hybridized carbons (Fsp3) is 0.917. The molecule has 0 aromatic rings. The molecule has 2 saturated heterocycles. The average Bonchev–Trinajstić information content (AvgIpc) is 2.70. The minimum atomic E-state index is -0.0376. The zero-order chi connectivity index (χ0) is 12.3. The number of nitrogens with zero attached hydrogens (tertiary/aromatic N) is 1. The van der Waals surface area contributed by atoms with Gasteiger partial charge in [0.05, 0.1) is 18.3 Å². The van der Waals surface area contributed by atoms with Crippen molar-refractivity contribution in [3.05, 3.63) is 0 Å². The van der Waals surface area contributed by atoms with Gasteiger partial charge < -0.3 is 19.7 Å². The van der Waals surface area contributed by atoms with E-state index in [-0.39, 0.29) is 24.2 Å². The molecule has 2 fully saturated rings. The van der Waals surface area contributed by atoms with E-state index in [1.54, 1.807) is 19.0 Å². The Kier molecular flexibility index (Phi) is 4.01. The molecule has 5 heteroatoms. The van der Waals surface area contributed by atoms with Gasteiger partial charge in [0.1, 0.15) is 6.61 Å². The maximum atomic E-state index is 11.4. The molecular formula is C12H22N2O3. The van der Waals surface area contributed by atoms with Crippen LogP contribution in [0.15, 0.2) is 0 Å². The molecule has 1 spiro atoms. The summed E-state index contributed by atoms with van der Waals surface area (Å²) in [6.45, 7) is 2.76. The van der Waals surface area contributed by atoms with Crippen molar-refractivity contribution in [2.24, 2.45) is 0 Å². The molecule has 2 atom stereocenters. The predicted molar refractivity (Wildman–Crippen MR) is 63.8 cm³/mol. The van der Waals surface area contributed by atoms with Crippen LogP contribution in [0.25, 0.3) is 0 Å². The van der Waals surface area contributed by atoms with Gasteiger partial charge in [0.2, 0.25) is 5.91 Å². The number of hydrogen-bond donors (Lipinski definition) is 1. The van der Waals surface area contributed by atoms with Crippen LogP contribution in [0.5, 0.6) is 0 Å². The van der Waals surface area contributed by atoms with Crippen molar-refractivity contribution in [2.75, 3.05) is 40.4 Å². The van der Waals surface area contributed by atoms with Crippen LogP contribution in [0.2, 0.25) is 0 Å². The second-order valence-corrected chi connectivity index (χ2v) is 5.20. The highest BCUT2D eigenvalue weighted by Crippen LogP contribution is 2.33. The standard InChI is InChI=1S/C12H22N2O3/c1-14(2)11(15)8-16-10-6-12(17-7-10)4-3-5-13-9-12/h10,13H,3-9H2,1-2H3. The summed E-state index contributed by atoms with van der Waals surface area (Å²) in [6, 6.07) is 0. The molecule has 0 aromatic heterocycles.